The standard InChI is InChI=1S/C51H44O/c1-6-25-51(26-7-2)44-29-32(37-21-17-31-15-16-34-27-36(50(3,4)5)28-35-20-24-42(37)48(31)47(34)35)18-22-39(44)40-23-19-33(30-45(40)51)38-12-10-13-43-41-11-8-9-14-46(41)52-49(38)43/h8-24,27-30H,6-7,25-26H2,1-5H3. The van der Waals surface area contributed by atoms with Gasteiger partial charge in [0, 0.05) is 21.8 Å². The van der Waals surface area contributed by atoms with E-state index in [1.807, 2.05) is 0 Å². The van der Waals surface area contributed by atoms with Crippen LogP contribution in [0, 0.1) is 0 Å². The Morgan fingerprint density at radius 2 is 1.10 bits per heavy atom. The first-order valence-corrected chi connectivity index (χ1v) is 19.2. The lowest BCUT2D eigenvalue weighted by Crippen LogP contribution is -2.25. The molecule has 1 heteroatoms. The highest BCUT2D eigenvalue weighted by atomic mass is 16.3. The molecule has 0 fully saturated rings. The highest BCUT2D eigenvalue weighted by Gasteiger charge is 2.42. The van der Waals surface area contributed by atoms with Crippen molar-refractivity contribution in [2.75, 3.05) is 0 Å². The summed E-state index contributed by atoms with van der Waals surface area (Å²) >= 11 is 0. The van der Waals surface area contributed by atoms with E-state index in [0.29, 0.717) is 0 Å². The van der Waals surface area contributed by atoms with Gasteiger partial charge in [-0.25, -0.2) is 0 Å². The van der Waals surface area contributed by atoms with Crippen LogP contribution in [0.1, 0.15) is 77.0 Å². The minimum absolute atomic E-state index is 0.0465. The largest absolute Gasteiger partial charge is 0.455 e. The van der Waals surface area contributed by atoms with E-state index in [1.165, 1.54) is 93.2 Å². The Morgan fingerprint density at radius 3 is 1.79 bits per heavy atom. The summed E-state index contributed by atoms with van der Waals surface area (Å²) < 4.78 is 6.53. The molecule has 10 rings (SSSR count). The monoisotopic (exact) mass is 672 g/mol. The molecular formula is C51H44O. The number of fused-ring (bicyclic) bond motifs is 6. The molecule has 52 heavy (non-hydrogen) atoms. The van der Waals surface area contributed by atoms with Crippen LogP contribution in [0.15, 0.2) is 132 Å². The van der Waals surface area contributed by atoms with Crippen molar-refractivity contribution in [3.63, 3.8) is 0 Å². The lowest BCUT2D eigenvalue weighted by molar-refractivity contribution is 0.436. The van der Waals surface area contributed by atoms with E-state index in [2.05, 4.69) is 162 Å². The molecule has 0 aliphatic heterocycles. The Bertz CT molecular complexity index is 2830. The number of para-hydroxylation sites is 2. The number of hydrogen-bond donors (Lipinski definition) is 0. The van der Waals surface area contributed by atoms with E-state index in [9.17, 15) is 0 Å². The van der Waals surface area contributed by atoms with E-state index in [-0.39, 0.29) is 10.8 Å². The molecule has 1 aliphatic rings. The SMILES string of the molecule is CCCC1(CCC)c2cc(-c3ccc4ccc5cc(C(C)(C)C)cc6ccc3c4c56)ccc2-c2ccc(-c3cccc4c3oc3ccccc34)cc21. The number of benzene rings is 8. The van der Waals surface area contributed by atoms with Crippen LogP contribution in [-0.4, -0.2) is 0 Å². The summed E-state index contributed by atoms with van der Waals surface area (Å²) in [5.74, 6) is 0. The quantitative estimate of drug-likeness (QED) is 0.160. The molecule has 1 aliphatic carbocycles. The highest BCUT2D eigenvalue weighted by molar-refractivity contribution is 6.25. The predicted molar refractivity (Wildman–Crippen MR) is 223 cm³/mol. The van der Waals surface area contributed by atoms with Crippen molar-refractivity contribution in [2.24, 2.45) is 0 Å². The first kappa shape index (κ1) is 31.3. The van der Waals surface area contributed by atoms with Gasteiger partial charge in [0.15, 0.2) is 0 Å². The normalized spacial score (nSPS) is 13.9. The van der Waals surface area contributed by atoms with Gasteiger partial charge < -0.3 is 4.42 Å². The topological polar surface area (TPSA) is 13.1 Å². The van der Waals surface area contributed by atoms with Gasteiger partial charge in [-0.3, -0.25) is 0 Å². The fraction of sp³-hybridized carbons (Fsp3) is 0.216. The second kappa shape index (κ2) is 11.3. The van der Waals surface area contributed by atoms with Gasteiger partial charge >= 0.3 is 0 Å². The van der Waals surface area contributed by atoms with Crippen molar-refractivity contribution >= 4 is 54.3 Å². The first-order chi connectivity index (χ1) is 25.3. The Labute approximate surface area is 306 Å². The van der Waals surface area contributed by atoms with Crippen LogP contribution in [0.5, 0.6) is 0 Å². The molecule has 9 aromatic rings. The summed E-state index contributed by atoms with van der Waals surface area (Å²) in [6.07, 6.45) is 4.50. The van der Waals surface area contributed by atoms with E-state index in [1.54, 1.807) is 0 Å². The molecule has 0 N–H and O–H groups in total. The zero-order valence-electron chi connectivity index (χ0n) is 30.9. The minimum Gasteiger partial charge on any atom is -0.455 e. The van der Waals surface area contributed by atoms with Crippen molar-refractivity contribution in [1.82, 2.24) is 0 Å². The van der Waals surface area contributed by atoms with Gasteiger partial charge in [0.1, 0.15) is 11.2 Å². The lowest BCUT2D eigenvalue weighted by atomic mass is 9.70. The molecule has 0 amide bonds. The average Bonchev–Trinajstić information content (AvgIpc) is 3.66. The summed E-state index contributed by atoms with van der Waals surface area (Å²) in [7, 11) is 0. The summed E-state index contributed by atoms with van der Waals surface area (Å²) in [6.45, 7) is 11.6. The molecule has 0 radical (unpaired) electrons. The zero-order chi connectivity index (χ0) is 35.4. The van der Waals surface area contributed by atoms with E-state index in [4.69, 9.17) is 4.42 Å². The highest BCUT2D eigenvalue weighted by Crippen LogP contribution is 2.56. The molecule has 254 valence electrons. The fourth-order valence-electron chi connectivity index (χ4n) is 9.83. The van der Waals surface area contributed by atoms with Crippen molar-refractivity contribution in [1.29, 1.82) is 0 Å². The molecular weight excluding hydrogens is 629 g/mol. The van der Waals surface area contributed by atoms with Crippen molar-refractivity contribution in [2.45, 2.75) is 71.1 Å². The maximum absolute atomic E-state index is 6.53. The van der Waals surface area contributed by atoms with Gasteiger partial charge in [0.2, 0.25) is 0 Å². The van der Waals surface area contributed by atoms with Crippen LogP contribution in [0.4, 0.5) is 0 Å². The van der Waals surface area contributed by atoms with Crippen molar-refractivity contribution < 1.29 is 4.42 Å². The Kier molecular flexibility index (Phi) is 6.81. The van der Waals surface area contributed by atoms with Crippen molar-refractivity contribution in [3.8, 4) is 33.4 Å². The van der Waals surface area contributed by atoms with Crippen LogP contribution in [-0.2, 0) is 10.8 Å². The predicted octanol–water partition coefficient (Wildman–Crippen LogP) is 15.0. The van der Waals surface area contributed by atoms with Crippen LogP contribution >= 0.6 is 0 Å². The Hall–Kier alpha value is -5.40. The zero-order valence-corrected chi connectivity index (χ0v) is 30.9. The van der Waals surface area contributed by atoms with E-state index >= 15 is 0 Å². The van der Waals surface area contributed by atoms with Gasteiger partial charge in [-0.1, -0.05) is 157 Å². The number of furan rings is 1. The molecule has 1 nitrogen and oxygen atoms in total. The molecule has 8 aromatic carbocycles. The molecule has 0 saturated heterocycles. The number of rotatable bonds is 6. The third kappa shape index (κ3) is 4.41. The van der Waals surface area contributed by atoms with E-state index < -0.39 is 0 Å². The maximum Gasteiger partial charge on any atom is 0.143 e. The molecule has 0 saturated carbocycles. The summed E-state index contributed by atoms with van der Waals surface area (Å²) in [5, 5.41) is 10.4. The average molecular weight is 673 g/mol. The third-order valence-electron chi connectivity index (χ3n) is 12.2. The first-order valence-electron chi connectivity index (χ1n) is 19.2. The summed E-state index contributed by atoms with van der Waals surface area (Å²) in [6, 6.07) is 48.5. The summed E-state index contributed by atoms with van der Waals surface area (Å²) in [5.41, 5.74) is 14.1. The van der Waals surface area contributed by atoms with Crippen molar-refractivity contribution in [3.05, 3.63) is 144 Å². The lowest BCUT2D eigenvalue weighted by Gasteiger charge is -2.32. The van der Waals surface area contributed by atoms with Crippen LogP contribution in [0.3, 0.4) is 0 Å². The third-order valence-corrected chi connectivity index (χ3v) is 12.2. The maximum atomic E-state index is 6.53. The number of hydrogen-bond acceptors (Lipinski definition) is 1. The van der Waals surface area contributed by atoms with Gasteiger partial charge in [-0.2, -0.15) is 0 Å². The van der Waals surface area contributed by atoms with Crippen LogP contribution in [0.2, 0.25) is 0 Å². The molecule has 0 atom stereocenters. The molecule has 1 aromatic heterocycles. The van der Waals surface area contributed by atoms with Crippen LogP contribution < -0.4 is 0 Å². The van der Waals surface area contributed by atoms with Gasteiger partial charge in [-0.05, 0) is 113 Å². The molecule has 0 unspecified atom stereocenters. The van der Waals surface area contributed by atoms with Crippen LogP contribution in [0.25, 0.3) is 87.6 Å². The van der Waals surface area contributed by atoms with Gasteiger partial charge in [0.25, 0.3) is 0 Å². The Balaban J connectivity index is 1.15. The smallest absolute Gasteiger partial charge is 0.143 e. The molecule has 1 heterocycles. The van der Waals surface area contributed by atoms with E-state index in [0.717, 1.165) is 36.8 Å². The minimum atomic E-state index is -0.0465. The second-order valence-corrected chi connectivity index (χ2v) is 16.3. The van der Waals surface area contributed by atoms with Gasteiger partial charge in [-0.15, -0.1) is 0 Å². The molecule has 0 bridgehead atoms. The van der Waals surface area contributed by atoms with Gasteiger partial charge in [0.05, 0.1) is 0 Å². The summed E-state index contributed by atoms with van der Waals surface area (Å²) in [4.78, 5) is 0. The Morgan fingerprint density at radius 1 is 0.500 bits per heavy atom. The second-order valence-electron chi connectivity index (χ2n) is 16.3. The fourth-order valence-corrected chi connectivity index (χ4v) is 9.83. The molecule has 0 spiro atoms.